The number of hydrogen-bond acceptors (Lipinski definition) is 1. The van der Waals surface area contributed by atoms with E-state index in [4.69, 9.17) is 0 Å². The molecule has 0 aromatic heterocycles. The Morgan fingerprint density at radius 3 is 2.69 bits per heavy atom. The molecule has 1 aromatic carbocycles. The van der Waals surface area contributed by atoms with Crippen molar-refractivity contribution in [3.63, 3.8) is 0 Å². The van der Waals surface area contributed by atoms with Crippen molar-refractivity contribution in [1.82, 2.24) is 5.32 Å². The van der Waals surface area contributed by atoms with Gasteiger partial charge in [0.1, 0.15) is 6.17 Å². The summed E-state index contributed by atoms with van der Waals surface area (Å²) in [5.74, 6) is 0. The maximum absolute atomic E-state index is 13.6. The monoisotopic (exact) mass is 245 g/mol. The van der Waals surface area contributed by atoms with Crippen LogP contribution in [0, 0.1) is 0 Å². The summed E-state index contributed by atoms with van der Waals surface area (Å²) in [7, 11) is 1.76. The molecule has 3 heteroatoms. The van der Waals surface area contributed by atoms with Crippen LogP contribution in [0.3, 0.4) is 0 Å². The second-order valence-electron chi connectivity index (χ2n) is 3.03. The standard InChI is InChI=1S/C10H13BrFN/c1-7(13-2)10(12)8-4-3-5-9(11)6-8/h3-7,10,13H,1-2H3. The van der Waals surface area contributed by atoms with E-state index in [1.807, 2.05) is 19.1 Å². The van der Waals surface area contributed by atoms with E-state index in [2.05, 4.69) is 21.2 Å². The topological polar surface area (TPSA) is 12.0 Å². The van der Waals surface area contributed by atoms with E-state index in [0.717, 1.165) is 4.47 Å². The third-order valence-corrected chi connectivity index (χ3v) is 2.55. The van der Waals surface area contributed by atoms with Crippen molar-refractivity contribution in [2.24, 2.45) is 0 Å². The Morgan fingerprint density at radius 2 is 2.15 bits per heavy atom. The molecule has 0 heterocycles. The summed E-state index contributed by atoms with van der Waals surface area (Å²) in [6.07, 6.45) is -0.956. The molecular formula is C10H13BrFN. The van der Waals surface area contributed by atoms with E-state index in [1.165, 1.54) is 0 Å². The third-order valence-electron chi connectivity index (χ3n) is 2.06. The first kappa shape index (κ1) is 10.7. The maximum atomic E-state index is 13.6. The summed E-state index contributed by atoms with van der Waals surface area (Å²) >= 11 is 3.31. The zero-order chi connectivity index (χ0) is 9.84. The molecule has 0 saturated heterocycles. The van der Waals surface area contributed by atoms with Crippen molar-refractivity contribution < 1.29 is 4.39 Å². The molecule has 2 unspecified atom stereocenters. The Hall–Kier alpha value is -0.410. The Kier molecular flexibility index (Phi) is 3.88. The fourth-order valence-corrected chi connectivity index (χ4v) is 1.53. The van der Waals surface area contributed by atoms with Crippen LogP contribution in [0.1, 0.15) is 18.7 Å². The molecule has 0 aliphatic rings. The van der Waals surface area contributed by atoms with E-state index in [0.29, 0.717) is 5.56 Å². The average molecular weight is 246 g/mol. The minimum atomic E-state index is -0.956. The predicted molar refractivity (Wildman–Crippen MR) is 56.5 cm³/mol. The fraction of sp³-hybridized carbons (Fsp3) is 0.400. The molecule has 1 nitrogen and oxygen atoms in total. The highest BCUT2D eigenvalue weighted by molar-refractivity contribution is 9.10. The molecule has 0 saturated carbocycles. The van der Waals surface area contributed by atoms with Crippen LogP contribution in [-0.4, -0.2) is 13.1 Å². The highest BCUT2D eigenvalue weighted by Crippen LogP contribution is 2.23. The lowest BCUT2D eigenvalue weighted by atomic mass is 10.1. The second kappa shape index (κ2) is 4.72. The van der Waals surface area contributed by atoms with Crippen molar-refractivity contribution in [3.8, 4) is 0 Å². The van der Waals surface area contributed by atoms with Crippen LogP contribution in [0.5, 0.6) is 0 Å². The third kappa shape index (κ3) is 2.78. The predicted octanol–water partition coefficient (Wildman–Crippen LogP) is 3.07. The Morgan fingerprint density at radius 1 is 1.46 bits per heavy atom. The quantitative estimate of drug-likeness (QED) is 0.864. The lowest BCUT2D eigenvalue weighted by Gasteiger charge is -2.16. The van der Waals surface area contributed by atoms with Gasteiger partial charge in [-0.1, -0.05) is 28.1 Å². The van der Waals surface area contributed by atoms with Crippen LogP contribution in [0.4, 0.5) is 4.39 Å². The van der Waals surface area contributed by atoms with Crippen molar-refractivity contribution in [3.05, 3.63) is 34.3 Å². The van der Waals surface area contributed by atoms with E-state index >= 15 is 0 Å². The van der Waals surface area contributed by atoms with Gasteiger partial charge in [0, 0.05) is 10.5 Å². The van der Waals surface area contributed by atoms with Gasteiger partial charge in [-0.15, -0.1) is 0 Å². The number of benzene rings is 1. The van der Waals surface area contributed by atoms with Crippen molar-refractivity contribution in [2.45, 2.75) is 19.1 Å². The molecule has 0 radical (unpaired) electrons. The van der Waals surface area contributed by atoms with Crippen molar-refractivity contribution >= 4 is 15.9 Å². The minimum Gasteiger partial charge on any atom is -0.314 e. The van der Waals surface area contributed by atoms with Crippen molar-refractivity contribution in [2.75, 3.05) is 7.05 Å². The van der Waals surface area contributed by atoms with Crippen LogP contribution < -0.4 is 5.32 Å². The molecule has 0 fully saturated rings. The fourth-order valence-electron chi connectivity index (χ4n) is 1.11. The molecule has 72 valence electrons. The Bertz CT molecular complexity index is 277. The molecule has 1 N–H and O–H groups in total. The van der Waals surface area contributed by atoms with Gasteiger partial charge >= 0.3 is 0 Å². The maximum Gasteiger partial charge on any atom is 0.140 e. The number of rotatable bonds is 3. The van der Waals surface area contributed by atoms with Gasteiger partial charge in [0.2, 0.25) is 0 Å². The lowest BCUT2D eigenvalue weighted by Crippen LogP contribution is -2.26. The first-order valence-corrected chi connectivity index (χ1v) is 5.01. The molecule has 0 aliphatic heterocycles. The van der Waals surface area contributed by atoms with Gasteiger partial charge in [0.05, 0.1) is 0 Å². The largest absolute Gasteiger partial charge is 0.314 e. The van der Waals surface area contributed by atoms with Gasteiger partial charge in [-0.05, 0) is 31.7 Å². The molecule has 0 aliphatic carbocycles. The molecule has 1 aromatic rings. The number of hydrogen-bond donors (Lipinski definition) is 1. The summed E-state index contributed by atoms with van der Waals surface area (Å²) < 4.78 is 14.5. The zero-order valence-corrected chi connectivity index (χ0v) is 9.31. The molecular weight excluding hydrogens is 233 g/mol. The zero-order valence-electron chi connectivity index (χ0n) is 7.72. The lowest BCUT2D eigenvalue weighted by molar-refractivity contribution is 0.275. The molecule has 13 heavy (non-hydrogen) atoms. The van der Waals surface area contributed by atoms with Gasteiger partial charge in [-0.25, -0.2) is 4.39 Å². The Labute approximate surface area is 86.5 Å². The first-order chi connectivity index (χ1) is 6.15. The van der Waals surface area contributed by atoms with Gasteiger partial charge in [-0.3, -0.25) is 0 Å². The van der Waals surface area contributed by atoms with Gasteiger partial charge < -0.3 is 5.32 Å². The number of nitrogens with one attached hydrogen (secondary N) is 1. The van der Waals surface area contributed by atoms with E-state index in [1.54, 1.807) is 19.2 Å². The highest BCUT2D eigenvalue weighted by Gasteiger charge is 2.16. The normalized spacial score (nSPS) is 15.4. The summed E-state index contributed by atoms with van der Waals surface area (Å²) in [6.45, 7) is 1.82. The minimum absolute atomic E-state index is 0.158. The SMILES string of the molecule is CNC(C)C(F)c1cccc(Br)c1. The van der Waals surface area contributed by atoms with E-state index < -0.39 is 6.17 Å². The summed E-state index contributed by atoms with van der Waals surface area (Å²) in [5.41, 5.74) is 0.705. The smallest absolute Gasteiger partial charge is 0.140 e. The van der Waals surface area contributed by atoms with Crippen LogP contribution >= 0.6 is 15.9 Å². The average Bonchev–Trinajstić information content (AvgIpc) is 2.15. The van der Waals surface area contributed by atoms with Crippen LogP contribution in [0.25, 0.3) is 0 Å². The summed E-state index contributed by atoms with van der Waals surface area (Å²) in [4.78, 5) is 0. The molecule has 0 spiro atoms. The summed E-state index contributed by atoms with van der Waals surface area (Å²) in [6, 6.07) is 7.17. The van der Waals surface area contributed by atoms with Crippen LogP contribution in [0.15, 0.2) is 28.7 Å². The highest BCUT2D eigenvalue weighted by atomic mass is 79.9. The second-order valence-corrected chi connectivity index (χ2v) is 3.95. The molecule has 1 rings (SSSR count). The van der Waals surface area contributed by atoms with Crippen molar-refractivity contribution in [1.29, 1.82) is 0 Å². The number of halogens is 2. The van der Waals surface area contributed by atoms with Gasteiger partial charge in [0.25, 0.3) is 0 Å². The van der Waals surface area contributed by atoms with Gasteiger partial charge in [0.15, 0.2) is 0 Å². The molecule has 0 amide bonds. The molecule has 2 atom stereocenters. The summed E-state index contributed by atoms with van der Waals surface area (Å²) in [5, 5.41) is 2.89. The van der Waals surface area contributed by atoms with E-state index in [-0.39, 0.29) is 6.04 Å². The number of likely N-dealkylation sites (N-methyl/N-ethyl adjacent to an activating group) is 1. The first-order valence-electron chi connectivity index (χ1n) is 4.22. The van der Waals surface area contributed by atoms with Crippen LogP contribution in [-0.2, 0) is 0 Å². The number of alkyl halides is 1. The van der Waals surface area contributed by atoms with Gasteiger partial charge in [-0.2, -0.15) is 0 Å². The Balaban J connectivity index is 2.82. The van der Waals surface area contributed by atoms with E-state index in [9.17, 15) is 4.39 Å². The van der Waals surface area contributed by atoms with Crippen LogP contribution in [0.2, 0.25) is 0 Å². The molecule has 0 bridgehead atoms.